The van der Waals surface area contributed by atoms with Crippen molar-refractivity contribution in [2.45, 2.75) is 26.4 Å². The Kier molecular flexibility index (Phi) is 5.45. The molecule has 0 aliphatic heterocycles. The van der Waals surface area contributed by atoms with Gasteiger partial charge in [-0.3, -0.25) is 9.69 Å². The normalized spacial score (nSPS) is 12.5. The van der Waals surface area contributed by atoms with Crippen molar-refractivity contribution in [2.24, 2.45) is 0 Å². The van der Waals surface area contributed by atoms with Crippen LogP contribution in [0.4, 0.5) is 5.82 Å². The zero-order chi connectivity index (χ0) is 16.3. The van der Waals surface area contributed by atoms with Crippen LogP contribution in [-0.2, 0) is 11.3 Å². The van der Waals surface area contributed by atoms with Crippen molar-refractivity contribution in [3.63, 3.8) is 0 Å². The molecule has 5 nitrogen and oxygen atoms in total. The molecular weight excluding hydrogens is 325 g/mol. The Balaban J connectivity index is 1.98. The van der Waals surface area contributed by atoms with Gasteiger partial charge in [-0.05, 0) is 44.7 Å². The summed E-state index contributed by atoms with van der Waals surface area (Å²) >= 11 is 12.0. The largest absolute Gasteiger partial charge is 0.360 e. The maximum absolute atomic E-state index is 12.2. The molecule has 7 heteroatoms. The van der Waals surface area contributed by atoms with E-state index < -0.39 is 0 Å². The molecule has 0 aliphatic rings. The minimum absolute atomic E-state index is 0.163. The first kappa shape index (κ1) is 16.8. The molecule has 0 fully saturated rings. The van der Waals surface area contributed by atoms with Gasteiger partial charge >= 0.3 is 0 Å². The van der Waals surface area contributed by atoms with Crippen LogP contribution in [0, 0.1) is 6.92 Å². The first-order valence-corrected chi connectivity index (χ1v) is 7.50. The number of likely N-dealkylation sites (N-methyl/N-ethyl adjacent to an activating group) is 1. The van der Waals surface area contributed by atoms with Gasteiger partial charge in [0.15, 0.2) is 5.82 Å². The highest BCUT2D eigenvalue weighted by Gasteiger charge is 2.19. The molecule has 1 atom stereocenters. The monoisotopic (exact) mass is 341 g/mol. The maximum Gasteiger partial charge on any atom is 0.242 e. The summed E-state index contributed by atoms with van der Waals surface area (Å²) in [5, 5.41) is 7.61. The van der Waals surface area contributed by atoms with Gasteiger partial charge < -0.3 is 9.84 Å². The molecule has 1 aromatic carbocycles. The molecule has 0 saturated carbocycles. The van der Waals surface area contributed by atoms with E-state index in [1.807, 2.05) is 31.0 Å². The van der Waals surface area contributed by atoms with Crippen molar-refractivity contribution < 1.29 is 9.32 Å². The number of hydrogen-bond acceptors (Lipinski definition) is 4. The molecule has 1 unspecified atom stereocenters. The van der Waals surface area contributed by atoms with E-state index in [0.717, 1.165) is 5.56 Å². The van der Waals surface area contributed by atoms with Crippen LogP contribution in [0.25, 0.3) is 0 Å². The number of carbonyl (C=O) groups is 1. The van der Waals surface area contributed by atoms with Gasteiger partial charge in [0.1, 0.15) is 5.76 Å². The zero-order valence-electron chi connectivity index (χ0n) is 12.6. The van der Waals surface area contributed by atoms with E-state index in [0.29, 0.717) is 28.2 Å². The van der Waals surface area contributed by atoms with Gasteiger partial charge in [-0.1, -0.05) is 28.4 Å². The van der Waals surface area contributed by atoms with Crippen LogP contribution in [0.2, 0.25) is 10.0 Å². The maximum atomic E-state index is 12.2. The predicted molar refractivity (Wildman–Crippen MR) is 87.3 cm³/mol. The number of benzene rings is 1. The molecule has 1 N–H and O–H groups in total. The number of anilines is 1. The van der Waals surface area contributed by atoms with Gasteiger partial charge in [-0.25, -0.2) is 0 Å². The van der Waals surface area contributed by atoms with Crippen molar-refractivity contribution in [3.05, 3.63) is 45.6 Å². The molecule has 0 radical (unpaired) electrons. The molecule has 118 valence electrons. The molecule has 2 rings (SSSR count). The summed E-state index contributed by atoms with van der Waals surface area (Å²) in [5.41, 5.74) is 0.942. The second-order valence-corrected chi connectivity index (χ2v) is 6.05. The van der Waals surface area contributed by atoms with Crippen LogP contribution in [0.3, 0.4) is 0 Å². The van der Waals surface area contributed by atoms with Crippen molar-refractivity contribution in [1.82, 2.24) is 10.1 Å². The van der Waals surface area contributed by atoms with Crippen LogP contribution >= 0.6 is 23.2 Å². The van der Waals surface area contributed by atoms with Crippen molar-refractivity contribution in [3.8, 4) is 0 Å². The first-order valence-electron chi connectivity index (χ1n) is 6.74. The lowest BCUT2D eigenvalue weighted by Crippen LogP contribution is -2.39. The van der Waals surface area contributed by atoms with E-state index in [9.17, 15) is 4.79 Å². The third-order valence-electron chi connectivity index (χ3n) is 3.27. The number of amides is 1. The molecule has 0 saturated heterocycles. The average Bonchev–Trinajstić information content (AvgIpc) is 2.81. The van der Waals surface area contributed by atoms with Crippen molar-refractivity contribution in [1.29, 1.82) is 0 Å². The van der Waals surface area contributed by atoms with Gasteiger partial charge in [0.2, 0.25) is 5.91 Å². The molecule has 1 heterocycles. The number of nitrogens with one attached hydrogen (secondary N) is 1. The van der Waals surface area contributed by atoms with E-state index in [1.165, 1.54) is 0 Å². The van der Waals surface area contributed by atoms with E-state index >= 15 is 0 Å². The standard InChI is InChI=1S/C15H17Cl2N3O2/c1-9-4-14(19-22-9)18-15(21)10(2)20(3)8-11-5-12(16)7-13(17)6-11/h4-7,10H,8H2,1-3H3,(H,18,19,21). The fraction of sp³-hybridized carbons (Fsp3) is 0.333. The van der Waals surface area contributed by atoms with Crippen LogP contribution in [0.5, 0.6) is 0 Å². The molecule has 0 spiro atoms. The lowest BCUT2D eigenvalue weighted by molar-refractivity contribution is -0.120. The summed E-state index contributed by atoms with van der Waals surface area (Å²) in [6.07, 6.45) is 0. The summed E-state index contributed by atoms with van der Waals surface area (Å²) < 4.78 is 4.92. The number of halogens is 2. The third-order valence-corrected chi connectivity index (χ3v) is 3.71. The SMILES string of the molecule is Cc1cc(NC(=O)C(C)N(C)Cc2cc(Cl)cc(Cl)c2)no1. The lowest BCUT2D eigenvalue weighted by Gasteiger charge is -2.23. The summed E-state index contributed by atoms with van der Waals surface area (Å²) in [5.74, 6) is 0.891. The lowest BCUT2D eigenvalue weighted by atomic mass is 10.2. The number of aromatic nitrogens is 1. The van der Waals surface area contributed by atoms with Crippen molar-refractivity contribution in [2.75, 3.05) is 12.4 Å². The van der Waals surface area contributed by atoms with Gasteiger partial charge in [0.25, 0.3) is 0 Å². The first-order chi connectivity index (χ1) is 10.3. The van der Waals surface area contributed by atoms with Gasteiger partial charge in [0, 0.05) is 22.7 Å². The van der Waals surface area contributed by atoms with Crippen molar-refractivity contribution >= 4 is 34.9 Å². The van der Waals surface area contributed by atoms with Crippen LogP contribution < -0.4 is 5.32 Å². The Morgan fingerprint density at radius 1 is 1.32 bits per heavy atom. The number of nitrogens with zero attached hydrogens (tertiary/aromatic N) is 2. The number of aryl methyl sites for hydroxylation is 1. The molecule has 1 aromatic heterocycles. The highest BCUT2D eigenvalue weighted by Crippen LogP contribution is 2.20. The molecule has 1 amide bonds. The number of hydrogen-bond donors (Lipinski definition) is 1. The van der Waals surface area contributed by atoms with Gasteiger partial charge in [0.05, 0.1) is 6.04 Å². The van der Waals surface area contributed by atoms with E-state index in [2.05, 4.69) is 10.5 Å². The fourth-order valence-corrected chi connectivity index (χ4v) is 2.55. The molecule has 0 aliphatic carbocycles. The Labute approximate surface area is 139 Å². The van der Waals surface area contributed by atoms with E-state index in [-0.39, 0.29) is 11.9 Å². The molecule has 22 heavy (non-hydrogen) atoms. The smallest absolute Gasteiger partial charge is 0.242 e. The van der Waals surface area contributed by atoms with E-state index in [4.69, 9.17) is 27.7 Å². The van der Waals surface area contributed by atoms with Crippen LogP contribution in [0.15, 0.2) is 28.8 Å². The highest BCUT2D eigenvalue weighted by molar-refractivity contribution is 6.34. The Hall–Kier alpha value is -1.56. The van der Waals surface area contributed by atoms with Crippen LogP contribution in [-0.4, -0.2) is 29.1 Å². The highest BCUT2D eigenvalue weighted by atomic mass is 35.5. The summed E-state index contributed by atoms with van der Waals surface area (Å²) in [4.78, 5) is 14.1. The Morgan fingerprint density at radius 2 is 1.95 bits per heavy atom. The van der Waals surface area contributed by atoms with Crippen LogP contribution in [0.1, 0.15) is 18.2 Å². The topological polar surface area (TPSA) is 58.4 Å². The molecular formula is C15H17Cl2N3O2. The average molecular weight is 342 g/mol. The van der Waals surface area contributed by atoms with Gasteiger partial charge in [-0.2, -0.15) is 0 Å². The minimum atomic E-state index is -0.352. The second-order valence-electron chi connectivity index (χ2n) is 5.18. The molecule has 2 aromatic rings. The number of carbonyl (C=O) groups excluding carboxylic acids is 1. The Bertz CT molecular complexity index is 652. The predicted octanol–water partition coefficient (Wildman–Crippen LogP) is 3.75. The van der Waals surface area contributed by atoms with E-state index in [1.54, 1.807) is 19.1 Å². The Morgan fingerprint density at radius 3 is 2.50 bits per heavy atom. The second kappa shape index (κ2) is 7.13. The van der Waals surface area contributed by atoms with Gasteiger partial charge in [-0.15, -0.1) is 0 Å². The zero-order valence-corrected chi connectivity index (χ0v) is 14.1. The summed E-state index contributed by atoms with van der Waals surface area (Å²) in [6, 6.07) is 6.65. The minimum Gasteiger partial charge on any atom is -0.360 e. The number of rotatable bonds is 5. The third kappa shape index (κ3) is 4.47. The quantitative estimate of drug-likeness (QED) is 0.899. The summed E-state index contributed by atoms with van der Waals surface area (Å²) in [7, 11) is 1.85. The summed E-state index contributed by atoms with van der Waals surface area (Å²) in [6.45, 7) is 4.13. The molecule has 0 bridgehead atoms. The fourth-order valence-electron chi connectivity index (χ4n) is 1.98.